The minimum atomic E-state index is -4.43. The number of alkyl halides is 3. The minimum absolute atomic E-state index is 0.123. The Labute approximate surface area is 105 Å². The monoisotopic (exact) mass is 270 g/mol. The van der Waals surface area contributed by atoms with E-state index in [1.54, 1.807) is 6.92 Å². The molecule has 2 aromatic heterocycles. The van der Waals surface area contributed by atoms with Crippen molar-refractivity contribution in [3.63, 3.8) is 0 Å². The molecule has 2 rings (SSSR count). The number of hydrogen-bond donors (Lipinski definition) is 1. The average molecular weight is 270 g/mol. The van der Waals surface area contributed by atoms with Crippen molar-refractivity contribution >= 4 is 17.7 Å². The van der Waals surface area contributed by atoms with Crippen LogP contribution in [0, 0.1) is 6.92 Å². The first-order chi connectivity index (χ1) is 8.79. The summed E-state index contributed by atoms with van der Waals surface area (Å²) in [7, 11) is 0. The molecule has 7 heteroatoms. The van der Waals surface area contributed by atoms with E-state index in [-0.39, 0.29) is 5.65 Å². The molecule has 0 aliphatic carbocycles. The van der Waals surface area contributed by atoms with E-state index < -0.39 is 17.7 Å². The van der Waals surface area contributed by atoms with Crippen LogP contribution in [0.4, 0.5) is 13.2 Å². The van der Waals surface area contributed by atoms with Gasteiger partial charge in [-0.15, -0.1) is 0 Å². The highest BCUT2D eigenvalue weighted by atomic mass is 19.4. The van der Waals surface area contributed by atoms with Crippen LogP contribution >= 0.6 is 0 Å². The number of carboxylic acids is 1. The van der Waals surface area contributed by atoms with E-state index in [0.29, 0.717) is 11.4 Å². The summed E-state index contributed by atoms with van der Waals surface area (Å²) in [6.07, 6.45) is -1.00. The maximum Gasteiger partial charge on any atom is 0.416 e. The molecule has 4 nitrogen and oxygen atoms in total. The van der Waals surface area contributed by atoms with Crippen molar-refractivity contribution in [2.75, 3.05) is 0 Å². The fourth-order valence-corrected chi connectivity index (χ4v) is 1.71. The van der Waals surface area contributed by atoms with Crippen molar-refractivity contribution < 1.29 is 23.1 Å². The zero-order chi connectivity index (χ0) is 14.2. The van der Waals surface area contributed by atoms with Gasteiger partial charge < -0.3 is 5.11 Å². The zero-order valence-electron chi connectivity index (χ0n) is 9.77. The van der Waals surface area contributed by atoms with Gasteiger partial charge in [-0.3, -0.25) is 4.40 Å². The predicted molar refractivity (Wildman–Crippen MR) is 61.6 cm³/mol. The summed E-state index contributed by atoms with van der Waals surface area (Å²) in [6.45, 7) is 1.60. The van der Waals surface area contributed by atoms with Crippen LogP contribution < -0.4 is 0 Å². The van der Waals surface area contributed by atoms with E-state index in [1.165, 1.54) is 16.7 Å². The number of fused-ring (bicyclic) bond motifs is 1. The first-order valence-corrected chi connectivity index (χ1v) is 5.26. The standard InChI is InChI=1S/C12H9F3N2O2/c1-7-9(2-3-11(18)19)17-5-4-8(12(13,14)15)6-10(17)16-7/h2-6H,1H3,(H,18,19)/b3-2+. The van der Waals surface area contributed by atoms with Gasteiger partial charge in [-0.2, -0.15) is 13.2 Å². The molecule has 0 saturated heterocycles. The number of aliphatic carboxylic acids is 1. The van der Waals surface area contributed by atoms with Gasteiger partial charge in [-0.1, -0.05) is 0 Å². The lowest BCUT2D eigenvalue weighted by atomic mass is 10.2. The lowest BCUT2D eigenvalue weighted by Crippen LogP contribution is -2.05. The van der Waals surface area contributed by atoms with E-state index in [0.717, 1.165) is 18.2 Å². The maximum absolute atomic E-state index is 12.5. The number of hydrogen-bond acceptors (Lipinski definition) is 2. The van der Waals surface area contributed by atoms with Gasteiger partial charge in [0.1, 0.15) is 5.65 Å². The number of carboxylic acid groups (broad SMARTS) is 1. The van der Waals surface area contributed by atoms with Crippen LogP contribution in [0.3, 0.4) is 0 Å². The number of aryl methyl sites for hydroxylation is 1. The third-order valence-electron chi connectivity index (χ3n) is 2.56. The number of rotatable bonds is 2. The van der Waals surface area contributed by atoms with Crippen molar-refractivity contribution in [1.29, 1.82) is 0 Å². The normalized spacial score (nSPS) is 12.4. The molecule has 0 saturated carbocycles. The second-order valence-electron chi connectivity index (χ2n) is 3.90. The molecule has 0 bridgehead atoms. The highest BCUT2D eigenvalue weighted by molar-refractivity contribution is 5.85. The van der Waals surface area contributed by atoms with Crippen LogP contribution in [-0.4, -0.2) is 20.5 Å². The van der Waals surface area contributed by atoms with Gasteiger partial charge in [0.15, 0.2) is 0 Å². The Morgan fingerprint density at radius 1 is 1.47 bits per heavy atom. The molecule has 0 aliphatic rings. The van der Waals surface area contributed by atoms with Gasteiger partial charge in [0, 0.05) is 12.3 Å². The number of halogens is 3. The summed E-state index contributed by atoms with van der Waals surface area (Å²) in [5.74, 6) is -1.14. The third kappa shape index (κ3) is 2.59. The Morgan fingerprint density at radius 3 is 2.74 bits per heavy atom. The zero-order valence-corrected chi connectivity index (χ0v) is 9.77. The van der Waals surface area contributed by atoms with Crippen molar-refractivity contribution in [3.8, 4) is 0 Å². The van der Waals surface area contributed by atoms with E-state index in [2.05, 4.69) is 4.98 Å². The molecule has 2 heterocycles. The van der Waals surface area contributed by atoms with Crippen molar-refractivity contribution in [3.05, 3.63) is 41.4 Å². The summed E-state index contributed by atoms with van der Waals surface area (Å²) >= 11 is 0. The number of pyridine rings is 1. The Balaban J connectivity index is 2.57. The summed E-state index contributed by atoms with van der Waals surface area (Å²) < 4.78 is 39.1. The first kappa shape index (κ1) is 13.1. The molecule has 0 spiro atoms. The van der Waals surface area contributed by atoms with Gasteiger partial charge in [0.05, 0.1) is 17.0 Å². The van der Waals surface area contributed by atoms with E-state index in [9.17, 15) is 18.0 Å². The van der Waals surface area contributed by atoms with Crippen molar-refractivity contribution in [1.82, 2.24) is 9.38 Å². The second kappa shape index (κ2) is 4.42. The maximum atomic E-state index is 12.5. The Morgan fingerprint density at radius 2 is 2.16 bits per heavy atom. The average Bonchev–Trinajstić information content (AvgIpc) is 2.59. The van der Waals surface area contributed by atoms with Crippen molar-refractivity contribution in [2.45, 2.75) is 13.1 Å². The molecule has 19 heavy (non-hydrogen) atoms. The number of nitrogens with zero attached hydrogens (tertiary/aromatic N) is 2. The summed E-state index contributed by atoms with van der Waals surface area (Å²) in [5.41, 5.74) is 0.221. The van der Waals surface area contributed by atoms with Crippen molar-refractivity contribution in [2.24, 2.45) is 0 Å². The molecular weight excluding hydrogens is 261 g/mol. The second-order valence-corrected chi connectivity index (χ2v) is 3.90. The smallest absolute Gasteiger partial charge is 0.416 e. The van der Waals surface area contributed by atoms with E-state index in [1.807, 2.05) is 0 Å². The lowest BCUT2D eigenvalue weighted by molar-refractivity contribution is -0.137. The Bertz CT molecular complexity index is 671. The fourth-order valence-electron chi connectivity index (χ4n) is 1.71. The molecule has 0 aliphatic heterocycles. The highest BCUT2D eigenvalue weighted by Crippen LogP contribution is 2.30. The van der Waals surface area contributed by atoms with Crippen LogP contribution in [0.2, 0.25) is 0 Å². The molecule has 2 aromatic rings. The molecule has 0 unspecified atom stereocenters. The molecular formula is C12H9F3N2O2. The van der Waals surface area contributed by atoms with Crippen LogP contribution in [0.15, 0.2) is 24.4 Å². The van der Waals surface area contributed by atoms with Gasteiger partial charge in [-0.25, -0.2) is 9.78 Å². The van der Waals surface area contributed by atoms with Gasteiger partial charge >= 0.3 is 12.1 Å². The summed E-state index contributed by atoms with van der Waals surface area (Å²) in [6, 6.07) is 1.84. The number of carbonyl (C=O) groups is 1. The van der Waals surface area contributed by atoms with Gasteiger partial charge in [0.25, 0.3) is 0 Å². The predicted octanol–water partition coefficient (Wildman–Crippen LogP) is 2.76. The quantitative estimate of drug-likeness (QED) is 0.854. The van der Waals surface area contributed by atoms with Crippen LogP contribution in [0.1, 0.15) is 17.0 Å². The third-order valence-corrected chi connectivity index (χ3v) is 2.56. The van der Waals surface area contributed by atoms with E-state index in [4.69, 9.17) is 5.11 Å². The molecule has 100 valence electrons. The van der Waals surface area contributed by atoms with Crippen LogP contribution in [-0.2, 0) is 11.0 Å². The van der Waals surface area contributed by atoms with Crippen LogP contribution in [0.5, 0.6) is 0 Å². The molecule has 0 amide bonds. The fraction of sp³-hybridized carbons (Fsp3) is 0.167. The molecule has 0 radical (unpaired) electrons. The lowest BCUT2D eigenvalue weighted by Gasteiger charge is -2.06. The Hall–Kier alpha value is -2.31. The van der Waals surface area contributed by atoms with Gasteiger partial charge in [0.2, 0.25) is 0 Å². The minimum Gasteiger partial charge on any atom is -0.478 e. The highest BCUT2D eigenvalue weighted by Gasteiger charge is 2.30. The SMILES string of the molecule is Cc1nc2cc(C(F)(F)F)ccn2c1/C=C/C(=O)O. The molecule has 0 atom stereocenters. The largest absolute Gasteiger partial charge is 0.478 e. The summed E-state index contributed by atoms with van der Waals surface area (Å²) in [4.78, 5) is 14.4. The molecule has 0 aromatic carbocycles. The van der Waals surface area contributed by atoms with E-state index >= 15 is 0 Å². The molecule has 1 N–H and O–H groups in total. The molecule has 0 fully saturated rings. The number of imidazole rings is 1. The number of aromatic nitrogens is 2. The van der Waals surface area contributed by atoms with Gasteiger partial charge in [-0.05, 0) is 25.1 Å². The first-order valence-electron chi connectivity index (χ1n) is 5.26. The Kier molecular flexibility index (Phi) is 3.05. The topological polar surface area (TPSA) is 54.6 Å². The summed E-state index contributed by atoms with van der Waals surface area (Å²) in [5, 5.41) is 8.56. The van der Waals surface area contributed by atoms with Crippen LogP contribution in [0.25, 0.3) is 11.7 Å².